The molecule has 1 aromatic carbocycles. The van der Waals surface area contributed by atoms with E-state index in [1.54, 1.807) is 0 Å². The fourth-order valence-corrected chi connectivity index (χ4v) is 2.79. The van der Waals surface area contributed by atoms with E-state index in [1.165, 1.54) is 6.42 Å². The van der Waals surface area contributed by atoms with Crippen LogP contribution < -0.4 is 0 Å². The lowest BCUT2D eigenvalue weighted by molar-refractivity contribution is -0.120. The molecule has 2 heteroatoms. The predicted octanol–water partition coefficient (Wildman–Crippen LogP) is 3.85. The van der Waals surface area contributed by atoms with Gasteiger partial charge in [-0.15, -0.1) is 0 Å². The van der Waals surface area contributed by atoms with E-state index in [0.29, 0.717) is 5.78 Å². The Labute approximate surface area is 107 Å². The Kier molecular flexibility index (Phi) is 3.09. The molecule has 0 bridgehead atoms. The van der Waals surface area contributed by atoms with Crippen molar-refractivity contribution in [3.63, 3.8) is 0 Å². The number of carbonyl (C=O) groups excluding carboxylic acids is 1. The first-order valence-electron chi connectivity index (χ1n) is 6.72. The van der Waals surface area contributed by atoms with Crippen LogP contribution in [0.15, 0.2) is 36.5 Å². The van der Waals surface area contributed by atoms with Gasteiger partial charge >= 0.3 is 0 Å². The Hall–Kier alpha value is -1.70. The van der Waals surface area contributed by atoms with Gasteiger partial charge in [-0.1, -0.05) is 31.0 Å². The van der Waals surface area contributed by atoms with Gasteiger partial charge < -0.3 is 0 Å². The van der Waals surface area contributed by atoms with Gasteiger partial charge in [0.2, 0.25) is 0 Å². The zero-order valence-electron chi connectivity index (χ0n) is 10.4. The largest absolute Gasteiger partial charge is 0.299 e. The van der Waals surface area contributed by atoms with Crippen LogP contribution in [0.3, 0.4) is 0 Å². The second kappa shape index (κ2) is 4.89. The van der Waals surface area contributed by atoms with Crippen molar-refractivity contribution in [2.75, 3.05) is 0 Å². The first-order valence-corrected chi connectivity index (χ1v) is 6.72. The van der Waals surface area contributed by atoms with Crippen molar-refractivity contribution >= 4 is 16.7 Å². The van der Waals surface area contributed by atoms with Crippen LogP contribution in [0.5, 0.6) is 0 Å². The van der Waals surface area contributed by atoms with E-state index >= 15 is 0 Å². The van der Waals surface area contributed by atoms with Crippen LogP contribution in [0.4, 0.5) is 0 Å². The van der Waals surface area contributed by atoms with Crippen molar-refractivity contribution in [2.45, 2.75) is 38.0 Å². The van der Waals surface area contributed by atoms with Crippen LogP contribution in [0.1, 0.15) is 43.6 Å². The topological polar surface area (TPSA) is 30.0 Å². The quantitative estimate of drug-likeness (QED) is 0.707. The molecule has 1 saturated carbocycles. The number of para-hydroxylation sites is 1. The summed E-state index contributed by atoms with van der Waals surface area (Å²) in [7, 11) is 0. The maximum atomic E-state index is 12.1. The molecular weight excluding hydrogens is 222 g/mol. The average molecular weight is 239 g/mol. The first kappa shape index (κ1) is 11.4. The van der Waals surface area contributed by atoms with E-state index in [4.69, 9.17) is 0 Å². The number of pyridine rings is 1. The fourth-order valence-electron chi connectivity index (χ4n) is 2.79. The molecule has 1 aliphatic carbocycles. The van der Waals surface area contributed by atoms with E-state index in [2.05, 4.69) is 17.1 Å². The van der Waals surface area contributed by atoms with E-state index in [0.717, 1.165) is 42.1 Å². The molecule has 0 amide bonds. The lowest BCUT2D eigenvalue weighted by Gasteiger charge is -2.13. The highest BCUT2D eigenvalue weighted by molar-refractivity contribution is 5.87. The zero-order chi connectivity index (χ0) is 12.4. The van der Waals surface area contributed by atoms with Gasteiger partial charge in [0.05, 0.1) is 5.52 Å². The molecule has 18 heavy (non-hydrogen) atoms. The number of rotatable bonds is 1. The third-order valence-electron chi connectivity index (χ3n) is 3.82. The molecule has 2 nitrogen and oxygen atoms in total. The monoisotopic (exact) mass is 239 g/mol. The van der Waals surface area contributed by atoms with Crippen molar-refractivity contribution < 1.29 is 4.79 Å². The van der Waals surface area contributed by atoms with Gasteiger partial charge in [0.15, 0.2) is 0 Å². The van der Waals surface area contributed by atoms with Gasteiger partial charge in [0.25, 0.3) is 0 Å². The molecule has 1 aliphatic rings. The van der Waals surface area contributed by atoms with Gasteiger partial charge in [-0.2, -0.15) is 0 Å². The maximum Gasteiger partial charge on any atom is 0.140 e. The van der Waals surface area contributed by atoms with E-state index in [-0.39, 0.29) is 5.92 Å². The maximum absolute atomic E-state index is 12.1. The number of benzene rings is 1. The highest BCUT2D eigenvalue weighted by atomic mass is 16.1. The summed E-state index contributed by atoms with van der Waals surface area (Å²) >= 11 is 0. The molecule has 3 rings (SSSR count). The number of carbonyl (C=O) groups is 1. The van der Waals surface area contributed by atoms with Crippen molar-refractivity contribution in [1.82, 2.24) is 4.98 Å². The van der Waals surface area contributed by atoms with Gasteiger partial charge in [-0.3, -0.25) is 9.78 Å². The fraction of sp³-hybridized carbons (Fsp3) is 0.375. The Morgan fingerprint density at radius 1 is 1.11 bits per heavy atom. The number of Topliss-reactive ketones (excluding diaryl/α,β-unsaturated/α-hetero) is 1. The molecule has 0 radical (unpaired) electrons. The van der Waals surface area contributed by atoms with Crippen LogP contribution >= 0.6 is 0 Å². The third-order valence-corrected chi connectivity index (χ3v) is 3.82. The minimum atomic E-state index is 0.0737. The van der Waals surface area contributed by atoms with Crippen molar-refractivity contribution in [3.8, 4) is 0 Å². The van der Waals surface area contributed by atoms with Gasteiger partial charge in [-0.25, -0.2) is 0 Å². The molecule has 1 heterocycles. The van der Waals surface area contributed by atoms with Crippen molar-refractivity contribution in [1.29, 1.82) is 0 Å². The third kappa shape index (κ3) is 2.15. The van der Waals surface area contributed by atoms with E-state index in [9.17, 15) is 4.79 Å². The summed E-state index contributed by atoms with van der Waals surface area (Å²) in [4.78, 5) is 16.6. The minimum Gasteiger partial charge on any atom is -0.299 e. The van der Waals surface area contributed by atoms with Crippen LogP contribution in [0.25, 0.3) is 10.9 Å². The molecule has 1 aromatic heterocycles. The standard InChI is InChI=1S/C16H17NO/c18-16-9-3-1-2-7-14(16)13-10-12-6-4-5-8-15(12)17-11-13/h4-6,8,10-11,14H,1-3,7,9H2. The Balaban J connectivity index is 1.99. The summed E-state index contributed by atoms with van der Waals surface area (Å²) in [6.45, 7) is 0. The van der Waals surface area contributed by atoms with Crippen LogP contribution in [-0.4, -0.2) is 10.8 Å². The van der Waals surface area contributed by atoms with Crippen molar-refractivity contribution in [2.24, 2.45) is 0 Å². The number of hydrogen-bond acceptors (Lipinski definition) is 2. The second-order valence-electron chi connectivity index (χ2n) is 5.08. The molecule has 0 aliphatic heterocycles. The molecule has 1 unspecified atom stereocenters. The number of ketones is 1. The van der Waals surface area contributed by atoms with Gasteiger partial charge in [0, 0.05) is 23.9 Å². The Bertz CT molecular complexity index is 576. The zero-order valence-corrected chi connectivity index (χ0v) is 10.4. The number of aromatic nitrogens is 1. The summed E-state index contributed by atoms with van der Waals surface area (Å²) in [6.07, 6.45) is 7.00. The highest BCUT2D eigenvalue weighted by Gasteiger charge is 2.22. The number of fused-ring (bicyclic) bond motifs is 1. The van der Waals surface area contributed by atoms with E-state index in [1.807, 2.05) is 24.4 Å². The van der Waals surface area contributed by atoms with Crippen molar-refractivity contribution in [3.05, 3.63) is 42.1 Å². The second-order valence-corrected chi connectivity index (χ2v) is 5.08. The highest BCUT2D eigenvalue weighted by Crippen LogP contribution is 2.30. The van der Waals surface area contributed by atoms with Gasteiger partial charge in [0.1, 0.15) is 5.78 Å². The molecular formula is C16H17NO. The first-order chi connectivity index (χ1) is 8.84. The Morgan fingerprint density at radius 2 is 2.00 bits per heavy atom. The normalized spacial score (nSPS) is 20.9. The molecule has 0 N–H and O–H groups in total. The lowest BCUT2D eigenvalue weighted by Crippen LogP contribution is -2.10. The Morgan fingerprint density at radius 3 is 2.94 bits per heavy atom. The van der Waals surface area contributed by atoms with Crippen LogP contribution in [-0.2, 0) is 4.79 Å². The van der Waals surface area contributed by atoms with Gasteiger partial charge in [-0.05, 0) is 30.5 Å². The predicted molar refractivity (Wildman–Crippen MR) is 72.6 cm³/mol. The molecule has 1 atom stereocenters. The molecule has 0 saturated heterocycles. The SMILES string of the molecule is O=C1CCCCCC1c1cnc2ccccc2c1. The molecule has 2 aromatic rings. The number of nitrogens with zero attached hydrogens (tertiary/aromatic N) is 1. The average Bonchev–Trinajstić information content (AvgIpc) is 2.63. The summed E-state index contributed by atoms with van der Waals surface area (Å²) < 4.78 is 0. The van der Waals surface area contributed by atoms with E-state index < -0.39 is 0 Å². The molecule has 92 valence electrons. The summed E-state index contributed by atoms with van der Waals surface area (Å²) in [6, 6.07) is 10.2. The smallest absolute Gasteiger partial charge is 0.140 e. The summed E-state index contributed by atoms with van der Waals surface area (Å²) in [5.41, 5.74) is 2.10. The number of hydrogen-bond donors (Lipinski definition) is 0. The molecule has 0 spiro atoms. The van der Waals surface area contributed by atoms with Crippen LogP contribution in [0.2, 0.25) is 0 Å². The molecule has 1 fully saturated rings. The minimum absolute atomic E-state index is 0.0737. The summed E-state index contributed by atoms with van der Waals surface area (Å²) in [5.74, 6) is 0.467. The summed E-state index contributed by atoms with van der Waals surface area (Å²) in [5, 5.41) is 1.13. The van der Waals surface area contributed by atoms with Crippen LogP contribution in [0, 0.1) is 0 Å². The lowest BCUT2D eigenvalue weighted by atomic mass is 9.91.